The molecule has 0 atom stereocenters. The number of rotatable bonds is 11. The van der Waals surface area contributed by atoms with Crippen LogP contribution in [0.5, 0.6) is 0 Å². The predicted octanol–water partition coefficient (Wildman–Crippen LogP) is 17.5. The Labute approximate surface area is 377 Å². The second kappa shape index (κ2) is 17.6. The predicted molar refractivity (Wildman–Crippen MR) is 272 cm³/mol. The Balaban J connectivity index is 1.08. The minimum Gasteiger partial charge on any atom is -0.311 e. The summed E-state index contributed by atoms with van der Waals surface area (Å²) in [6.07, 6.45) is 0. The summed E-state index contributed by atoms with van der Waals surface area (Å²) in [7, 11) is 0. The highest BCUT2D eigenvalue weighted by molar-refractivity contribution is 5.80. The molecule has 0 heterocycles. The highest BCUT2D eigenvalue weighted by Crippen LogP contribution is 2.44. The van der Waals surface area contributed by atoms with Crippen molar-refractivity contribution in [3.05, 3.63) is 229 Å². The average molecular weight is 823 g/mol. The van der Waals surface area contributed by atoms with Crippen molar-refractivity contribution < 1.29 is 0 Å². The lowest BCUT2D eigenvalue weighted by Gasteiger charge is -2.36. The van der Waals surface area contributed by atoms with Crippen molar-refractivity contribution in [3.63, 3.8) is 0 Å². The molecule has 63 heavy (non-hydrogen) atoms. The van der Waals surface area contributed by atoms with Crippen LogP contribution < -0.4 is 9.80 Å². The van der Waals surface area contributed by atoms with Crippen molar-refractivity contribution in [1.29, 1.82) is 0 Å². The number of para-hydroxylation sites is 2. The van der Waals surface area contributed by atoms with E-state index in [1.165, 1.54) is 44.5 Å². The van der Waals surface area contributed by atoms with Crippen molar-refractivity contribution in [3.8, 4) is 22.3 Å². The first-order chi connectivity index (χ1) is 30.2. The van der Waals surface area contributed by atoms with Gasteiger partial charge in [-0.3, -0.25) is 0 Å². The normalized spacial score (nSPS) is 12.0. The third kappa shape index (κ3) is 9.13. The zero-order chi connectivity index (χ0) is 44.4. The van der Waals surface area contributed by atoms with Gasteiger partial charge in [-0.1, -0.05) is 196 Å². The van der Waals surface area contributed by atoms with Gasteiger partial charge in [-0.05, 0) is 134 Å². The monoisotopic (exact) mass is 822 g/mol. The number of nitrogens with zero attached hydrogens (tertiary/aromatic N) is 2. The van der Waals surface area contributed by atoms with E-state index in [9.17, 15) is 0 Å². The molecule has 0 radical (unpaired) electrons. The molecular formula is C61H62N2. The molecule has 0 spiro atoms. The maximum absolute atomic E-state index is 2.39. The standard InChI is InChI=1S/C61H62N2/c1-44(2)61(9,51-32-40-57(41-33-51)62(53-16-12-10-13-17-53)55-36-24-47(25-37-55)45-20-28-49(29-21-45)59(3,4)5)52-34-42-58(43-35-52)63(54-18-14-11-15-19-54)56-38-26-48(27-39-56)46-22-30-50(31-23-46)60(6,7)8/h10-44H,1-9H3. The van der Waals surface area contributed by atoms with Gasteiger partial charge < -0.3 is 9.80 Å². The first-order valence-corrected chi connectivity index (χ1v) is 22.5. The number of anilines is 6. The summed E-state index contributed by atoms with van der Waals surface area (Å²) in [5.41, 5.74) is 16.9. The Morgan fingerprint density at radius 1 is 0.270 bits per heavy atom. The van der Waals surface area contributed by atoms with Gasteiger partial charge in [0.1, 0.15) is 0 Å². The summed E-state index contributed by atoms with van der Waals surface area (Å²) in [6, 6.07) is 75.8. The molecule has 0 bridgehead atoms. The van der Waals surface area contributed by atoms with Gasteiger partial charge in [-0.25, -0.2) is 0 Å². The third-order valence-electron chi connectivity index (χ3n) is 13.1. The minimum absolute atomic E-state index is 0.130. The van der Waals surface area contributed by atoms with Crippen LogP contribution in [-0.2, 0) is 16.2 Å². The molecule has 0 aliphatic carbocycles. The van der Waals surface area contributed by atoms with E-state index >= 15 is 0 Å². The van der Waals surface area contributed by atoms with E-state index in [4.69, 9.17) is 0 Å². The van der Waals surface area contributed by atoms with Crippen LogP contribution in [0, 0.1) is 5.92 Å². The molecule has 2 heteroatoms. The van der Waals surface area contributed by atoms with Crippen LogP contribution >= 0.6 is 0 Å². The van der Waals surface area contributed by atoms with Crippen LogP contribution in [0.1, 0.15) is 84.6 Å². The Morgan fingerprint density at radius 3 is 0.746 bits per heavy atom. The number of benzene rings is 8. The molecule has 0 saturated heterocycles. The molecule has 0 aliphatic heterocycles. The summed E-state index contributed by atoms with van der Waals surface area (Å²) in [5, 5.41) is 0. The highest BCUT2D eigenvalue weighted by Gasteiger charge is 2.33. The zero-order valence-corrected chi connectivity index (χ0v) is 38.6. The van der Waals surface area contributed by atoms with Crippen LogP contribution in [0.3, 0.4) is 0 Å². The maximum Gasteiger partial charge on any atom is 0.0462 e. The Kier molecular flexibility index (Phi) is 12.0. The SMILES string of the molecule is CC(C)C(C)(c1ccc(N(c2ccccc2)c2ccc(-c3ccc(C(C)(C)C)cc3)cc2)cc1)c1ccc(N(c2ccccc2)c2ccc(-c3ccc(C(C)(C)C)cc3)cc2)cc1. The Bertz CT molecular complexity index is 2510. The summed E-state index contributed by atoms with van der Waals surface area (Å²) >= 11 is 0. The average Bonchev–Trinajstić information content (AvgIpc) is 3.30. The van der Waals surface area contributed by atoms with Crippen molar-refractivity contribution in [1.82, 2.24) is 0 Å². The fourth-order valence-corrected chi connectivity index (χ4v) is 8.73. The second-order valence-corrected chi connectivity index (χ2v) is 19.5. The van der Waals surface area contributed by atoms with E-state index in [2.05, 4.69) is 278 Å². The van der Waals surface area contributed by atoms with Crippen LogP contribution in [0.25, 0.3) is 22.3 Å². The van der Waals surface area contributed by atoms with Crippen molar-refractivity contribution in [2.75, 3.05) is 9.80 Å². The van der Waals surface area contributed by atoms with Gasteiger partial charge in [0.2, 0.25) is 0 Å². The molecule has 8 aromatic carbocycles. The van der Waals surface area contributed by atoms with Crippen molar-refractivity contribution in [2.45, 2.75) is 78.6 Å². The summed E-state index contributed by atoms with van der Waals surface area (Å²) in [6.45, 7) is 20.6. The van der Waals surface area contributed by atoms with Crippen LogP contribution in [0.15, 0.2) is 206 Å². The van der Waals surface area contributed by atoms with Gasteiger partial charge in [0.15, 0.2) is 0 Å². The van der Waals surface area contributed by atoms with Crippen molar-refractivity contribution >= 4 is 34.1 Å². The van der Waals surface area contributed by atoms with Gasteiger partial charge in [0.25, 0.3) is 0 Å². The smallest absolute Gasteiger partial charge is 0.0462 e. The first-order valence-electron chi connectivity index (χ1n) is 22.5. The molecule has 8 aromatic rings. The third-order valence-corrected chi connectivity index (χ3v) is 13.1. The van der Waals surface area contributed by atoms with Gasteiger partial charge >= 0.3 is 0 Å². The number of hydrogen-bond donors (Lipinski definition) is 0. The first kappa shape index (κ1) is 43.0. The largest absolute Gasteiger partial charge is 0.311 e. The molecule has 0 aromatic heterocycles. The fraction of sp³-hybridized carbons (Fsp3) is 0.213. The van der Waals surface area contributed by atoms with Gasteiger partial charge in [0, 0.05) is 39.5 Å². The summed E-state index contributed by atoms with van der Waals surface area (Å²) in [4.78, 5) is 4.70. The molecule has 0 unspecified atom stereocenters. The Hall–Kier alpha value is -6.64. The van der Waals surface area contributed by atoms with E-state index in [0.717, 1.165) is 34.1 Å². The molecule has 0 aliphatic rings. The minimum atomic E-state index is -0.222. The van der Waals surface area contributed by atoms with Crippen LogP contribution in [0.2, 0.25) is 0 Å². The zero-order valence-electron chi connectivity index (χ0n) is 38.6. The van der Waals surface area contributed by atoms with Crippen LogP contribution in [-0.4, -0.2) is 0 Å². The van der Waals surface area contributed by atoms with Crippen LogP contribution in [0.4, 0.5) is 34.1 Å². The molecule has 0 amide bonds. The lowest BCUT2D eigenvalue weighted by molar-refractivity contribution is 0.405. The van der Waals surface area contributed by atoms with E-state index in [1.807, 2.05) is 0 Å². The van der Waals surface area contributed by atoms with E-state index in [-0.39, 0.29) is 16.2 Å². The molecule has 316 valence electrons. The molecule has 0 saturated carbocycles. The molecule has 0 N–H and O–H groups in total. The van der Waals surface area contributed by atoms with Gasteiger partial charge in [-0.2, -0.15) is 0 Å². The summed E-state index contributed by atoms with van der Waals surface area (Å²) < 4.78 is 0. The molecule has 8 rings (SSSR count). The second-order valence-electron chi connectivity index (χ2n) is 19.5. The van der Waals surface area contributed by atoms with E-state index in [1.54, 1.807) is 0 Å². The van der Waals surface area contributed by atoms with E-state index in [0.29, 0.717) is 5.92 Å². The molecule has 2 nitrogen and oxygen atoms in total. The van der Waals surface area contributed by atoms with Gasteiger partial charge in [-0.15, -0.1) is 0 Å². The lowest BCUT2D eigenvalue weighted by atomic mass is 9.68. The topological polar surface area (TPSA) is 6.48 Å². The quantitative estimate of drug-likeness (QED) is 0.128. The highest BCUT2D eigenvalue weighted by atomic mass is 15.1. The molecular weight excluding hydrogens is 761 g/mol. The Morgan fingerprint density at radius 2 is 0.492 bits per heavy atom. The van der Waals surface area contributed by atoms with Crippen molar-refractivity contribution in [2.24, 2.45) is 5.92 Å². The molecule has 0 fully saturated rings. The fourth-order valence-electron chi connectivity index (χ4n) is 8.73. The van der Waals surface area contributed by atoms with E-state index < -0.39 is 0 Å². The summed E-state index contributed by atoms with van der Waals surface area (Å²) in [5.74, 6) is 0.347. The van der Waals surface area contributed by atoms with Gasteiger partial charge in [0.05, 0.1) is 0 Å². The maximum atomic E-state index is 2.39. The number of hydrogen-bond acceptors (Lipinski definition) is 2. The lowest BCUT2D eigenvalue weighted by Crippen LogP contribution is -2.30.